The van der Waals surface area contributed by atoms with Gasteiger partial charge in [-0.25, -0.2) is 4.98 Å². The Morgan fingerprint density at radius 2 is 1.54 bits per heavy atom. The molecular formula is C22H20N2O3S. The Bertz CT molecular complexity index is 1120. The van der Waals surface area contributed by atoms with Crippen molar-refractivity contribution in [3.63, 3.8) is 0 Å². The lowest BCUT2D eigenvalue weighted by Crippen LogP contribution is -1.95. The van der Waals surface area contributed by atoms with Crippen molar-refractivity contribution < 1.29 is 14.2 Å². The number of aromatic nitrogens is 1. The second-order valence-electron chi connectivity index (χ2n) is 6.17. The Labute approximate surface area is 167 Å². The van der Waals surface area contributed by atoms with Crippen LogP contribution in [0.3, 0.4) is 0 Å². The van der Waals surface area contributed by atoms with E-state index >= 15 is 0 Å². The summed E-state index contributed by atoms with van der Waals surface area (Å²) in [5.41, 5.74) is 8.90. The van der Waals surface area contributed by atoms with Crippen LogP contribution < -0.4 is 19.9 Å². The van der Waals surface area contributed by atoms with Crippen LogP contribution in [0.4, 0.5) is 5.13 Å². The highest BCUT2D eigenvalue weighted by molar-refractivity contribution is 7.19. The van der Waals surface area contributed by atoms with Gasteiger partial charge in [0, 0.05) is 11.1 Å². The van der Waals surface area contributed by atoms with Crippen molar-refractivity contribution in [2.75, 3.05) is 27.1 Å². The van der Waals surface area contributed by atoms with Crippen LogP contribution in [0, 0.1) is 0 Å². The Balaban J connectivity index is 1.97. The molecule has 5 nitrogen and oxygen atoms in total. The van der Waals surface area contributed by atoms with Crippen LogP contribution in [0.25, 0.3) is 32.5 Å². The molecule has 28 heavy (non-hydrogen) atoms. The molecule has 0 bridgehead atoms. The molecule has 142 valence electrons. The van der Waals surface area contributed by atoms with Gasteiger partial charge in [-0.05, 0) is 22.9 Å². The van der Waals surface area contributed by atoms with Crippen molar-refractivity contribution in [3.05, 3.63) is 54.6 Å². The van der Waals surface area contributed by atoms with Crippen LogP contribution >= 0.6 is 11.3 Å². The largest absolute Gasteiger partial charge is 0.493 e. The normalized spacial score (nSPS) is 10.8. The van der Waals surface area contributed by atoms with Gasteiger partial charge in [0.2, 0.25) is 5.75 Å². The maximum atomic E-state index is 6.12. The lowest BCUT2D eigenvalue weighted by molar-refractivity contribution is 0.324. The maximum absolute atomic E-state index is 6.12. The molecule has 0 saturated carbocycles. The van der Waals surface area contributed by atoms with Crippen LogP contribution in [0.1, 0.15) is 0 Å². The van der Waals surface area contributed by atoms with E-state index in [1.54, 1.807) is 21.3 Å². The minimum Gasteiger partial charge on any atom is -0.493 e. The van der Waals surface area contributed by atoms with Crippen LogP contribution in [0.5, 0.6) is 17.2 Å². The summed E-state index contributed by atoms with van der Waals surface area (Å²) >= 11 is 1.44. The van der Waals surface area contributed by atoms with Gasteiger partial charge in [-0.2, -0.15) is 0 Å². The Hall–Kier alpha value is -3.25. The molecule has 0 aliphatic heterocycles. The maximum Gasteiger partial charge on any atom is 0.203 e. The summed E-state index contributed by atoms with van der Waals surface area (Å²) in [6.45, 7) is 0. The second-order valence-corrected chi connectivity index (χ2v) is 7.20. The van der Waals surface area contributed by atoms with E-state index in [4.69, 9.17) is 19.9 Å². The lowest BCUT2D eigenvalue weighted by Gasteiger charge is -2.14. The van der Waals surface area contributed by atoms with E-state index in [2.05, 4.69) is 29.2 Å². The van der Waals surface area contributed by atoms with E-state index in [1.165, 1.54) is 11.3 Å². The molecular weight excluding hydrogens is 372 g/mol. The number of thiazole rings is 1. The van der Waals surface area contributed by atoms with E-state index in [0.717, 1.165) is 32.5 Å². The molecule has 2 N–H and O–H groups in total. The molecule has 0 unspecified atom stereocenters. The number of rotatable bonds is 5. The minimum atomic E-state index is 0.506. The third-order valence-electron chi connectivity index (χ3n) is 4.62. The smallest absolute Gasteiger partial charge is 0.203 e. The summed E-state index contributed by atoms with van der Waals surface area (Å²) in [6, 6.07) is 18.3. The molecule has 0 aliphatic carbocycles. The van der Waals surface area contributed by atoms with Gasteiger partial charge in [0.1, 0.15) is 0 Å². The number of methoxy groups -OCH3 is 3. The van der Waals surface area contributed by atoms with Crippen LogP contribution in [-0.2, 0) is 0 Å². The zero-order chi connectivity index (χ0) is 19.7. The van der Waals surface area contributed by atoms with E-state index in [1.807, 2.05) is 30.3 Å². The van der Waals surface area contributed by atoms with E-state index < -0.39 is 0 Å². The molecule has 0 saturated heterocycles. The van der Waals surface area contributed by atoms with Crippen molar-refractivity contribution >= 4 is 27.2 Å². The topological polar surface area (TPSA) is 66.6 Å². The van der Waals surface area contributed by atoms with Gasteiger partial charge in [-0.3, -0.25) is 0 Å². The van der Waals surface area contributed by atoms with Crippen molar-refractivity contribution in [2.24, 2.45) is 0 Å². The molecule has 6 heteroatoms. The van der Waals surface area contributed by atoms with E-state index in [9.17, 15) is 0 Å². The predicted molar refractivity (Wildman–Crippen MR) is 115 cm³/mol. The molecule has 0 radical (unpaired) electrons. The number of hydrogen-bond donors (Lipinski definition) is 1. The second kappa shape index (κ2) is 7.40. The van der Waals surface area contributed by atoms with Gasteiger partial charge in [0.25, 0.3) is 0 Å². The molecule has 4 rings (SSSR count). The number of fused-ring (bicyclic) bond motifs is 1. The minimum absolute atomic E-state index is 0.506. The molecule has 0 amide bonds. The lowest BCUT2D eigenvalue weighted by atomic mass is 9.99. The van der Waals surface area contributed by atoms with Crippen molar-refractivity contribution in [2.45, 2.75) is 0 Å². The quantitative estimate of drug-likeness (QED) is 0.503. The standard InChI is InChI=1S/C22H20N2O3S/c1-25-17-11-14(12-18(26-2)20(17)27-3)21-19(24-22(23)28-21)16-10-6-8-13-7-4-5-9-15(13)16/h4-12H,1-3H3,(H2,23,24). The van der Waals surface area contributed by atoms with Crippen molar-refractivity contribution in [1.29, 1.82) is 0 Å². The first kappa shape index (κ1) is 18.1. The predicted octanol–water partition coefficient (Wildman–Crippen LogP) is 5.24. The number of nitrogens with zero attached hydrogens (tertiary/aromatic N) is 1. The van der Waals surface area contributed by atoms with Gasteiger partial charge in [0.15, 0.2) is 16.6 Å². The van der Waals surface area contributed by atoms with Gasteiger partial charge >= 0.3 is 0 Å². The van der Waals surface area contributed by atoms with E-state index in [0.29, 0.717) is 22.4 Å². The van der Waals surface area contributed by atoms with Crippen LogP contribution in [-0.4, -0.2) is 26.3 Å². The van der Waals surface area contributed by atoms with Gasteiger partial charge < -0.3 is 19.9 Å². The van der Waals surface area contributed by atoms with Crippen molar-refractivity contribution in [3.8, 4) is 38.9 Å². The summed E-state index contributed by atoms with van der Waals surface area (Å²) in [5.74, 6) is 1.73. The van der Waals surface area contributed by atoms with Crippen LogP contribution in [0.2, 0.25) is 0 Å². The fourth-order valence-corrected chi connectivity index (χ4v) is 4.19. The molecule has 1 aromatic heterocycles. The first-order valence-electron chi connectivity index (χ1n) is 8.71. The third-order valence-corrected chi connectivity index (χ3v) is 5.55. The van der Waals surface area contributed by atoms with Crippen molar-refractivity contribution in [1.82, 2.24) is 4.98 Å². The first-order chi connectivity index (χ1) is 13.7. The Morgan fingerprint density at radius 1 is 0.857 bits per heavy atom. The fraction of sp³-hybridized carbons (Fsp3) is 0.136. The first-order valence-corrected chi connectivity index (χ1v) is 9.52. The van der Waals surface area contributed by atoms with Gasteiger partial charge in [-0.15, -0.1) is 0 Å². The Morgan fingerprint density at radius 3 is 2.21 bits per heavy atom. The highest BCUT2D eigenvalue weighted by Crippen LogP contribution is 2.46. The highest BCUT2D eigenvalue weighted by Gasteiger charge is 2.20. The van der Waals surface area contributed by atoms with Crippen LogP contribution in [0.15, 0.2) is 54.6 Å². The number of hydrogen-bond acceptors (Lipinski definition) is 6. The third kappa shape index (κ3) is 3.01. The number of nitrogen functional groups attached to an aromatic ring is 1. The summed E-state index contributed by atoms with van der Waals surface area (Å²) in [5, 5.41) is 2.79. The molecule has 1 heterocycles. The monoisotopic (exact) mass is 392 g/mol. The zero-order valence-corrected chi connectivity index (χ0v) is 16.7. The Kier molecular flexibility index (Phi) is 4.79. The number of anilines is 1. The number of benzene rings is 3. The summed E-state index contributed by atoms with van der Waals surface area (Å²) in [4.78, 5) is 5.60. The molecule has 0 fully saturated rings. The zero-order valence-electron chi connectivity index (χ0n) is 15.9. The van der Waals surface area contributed by atoms with Gasteiger partial charge in [0.05, 0.1) is 31.9 Å². The molecule has 4 aromatic rings. The molecule has 0 spiro atoms. The summed E-state index contributed by atoms with van der Waals surface area (Å²) < 4.78 is 16.5. The number of nitrogens with two attached hydrogens (primary N) is 1. The van der Waals surface area contributed by atoms with E-state index in [-0.39, 0.29) is 0 Å². The SMILES string of the molecule is COc1cc(-c2sc(N)nc2-c2cccc3ccccc23)cc(OC)c1OC. The molecule has 0 atom stereocenters. The fourth-order valence-electron chi connectivity index (χ4n) is 3.36. The number of ether oxygens (including phenoxy) is 3. The average Bonchev–Trinajstić information content (AvgIpc) is 3.13. The molecule has 0 aliphatic rings. The highest BCUT2D eigenvalue weighted by atomic mass is 32.1. The summed E-state index contributed by atoms with van der Waals surface area (Å²) in [7, 11) is 4.80. The summed E-state index contributed by atoms with van der Waals surface area (Å²) in [6.07, 6.45) is 0. The molecule has 3 aromatic carbocycles. The van der Waals surface area contributed by atoms with Gasteiger partial charge in [-0.1, -0.05) is 53.8 Å². The average molecular weight is 392 g/mol.